The van der Waals surface area contributed by atoms with E-state index in [-0.39, 0.29) is 12.4 Å². The van der Waals surface area contributed by atoms with Crippen LogP contribution >= 0.6 is 12.4 Å². The third kappa shape index (κ3) is 2.78. The number of hydrogen-bond donors (Lipinski definition) is 2. The molecular formula is C12H16ClN3O. The van der Waals surface area contributed by atoms with E-state index in [1.54, 1.807) is 0 Å². The van der Waals surface area contributed by atoms with E-state index in [1.807, 2.05) is 38.1 Å². The standard InChI is InChI=1S/C12H15N3O.ClH/c1-3-16-9-4-5-11-10(7-9)12(15-13)6-8(2)14-11;/h4-7H,3,13H2,1-2H3,(H,14,15);1H. The van der Waals surface area contributed by atoms with E-state index in [2.05, 4.69) is 10.4 Å². The first-order valence-electron chi connectivity index (χ1n) is 5.25. The Bertz CT molecular complexity index is 516. The van der Waals surface area contributed by atoms with Crippen molar-refractivity contribution in [3.05, 3.63) is 30.0 Å². The molecule has 0 spiro atoms. The van der Waals surface area contributed by atoms with Gasteiger partial charge < -0.3 is 10.2 Å². The molecule has 0 aliphatic rings. The SMILES string of the molecule is CCOc1ccc2nc(C)cc(NN)c2c1.Cl. The molecule has 0 aliphatic carbocycles. The van der Waals surface area contributed by atoms with Crippen LogP contribution in [0.1, 0.15) is 12.6 Å². The lowest BCUT2D eigenvalue weighted by Gasteiger charge is -2.09. The molecular weight excluding hydrogens is 238 g/mol. The van der Waals surface area contributed by atoms with Crippen molar-refractivity contribution >= 4 is 29.0 Å². The Morgan fingerprint density at radius 1 is 1.35 bits per heavy atom. The molecule has 3 N–H and O–H groups in total. The van der Waals surface area contributed by atoms with Crippen molar-refractivity contribution in [2.75, 3.05) is 12.0 Å². The summed E-state index contributed by atoms with van der Waals surface area (Å²) < 4.78 is 5.45. The second-order valence-corrected chi connectivity index (χ2v) is 3.57. The minimum atomic E-state index is 0. The van der Waals surface area contributed by atoms with Crippen LogP contribution in [0.15, 0.2) is 24.3 Å². The number of pyridine rings is 1. The minimum Gasteiger partial charge on any atom is -0.494 e. The first-order valence-corrected chi connectivity index (χ1v) is 5.25. The molecule has 5 heteroatoms. The summed E-state index contributed by atoms with van der Waals surface area (Å²) in [5.74, 6) is 6.32. The molecule has 92 valence electrons. The van der Waals surface area contributed by atoms with Crippen LogP contribution in [-0.4, -0.2) is 11.6 Å². The number of benzene rings is 1. The zero-order valence-corrected chi connectivity index (χ0v) is 10.7. The number of halogens is 1. The second-order valence-electron chi connectivity index (χ2n) is 3.57. The van der Waals surface area contributed by atoms with E-state index in [0.717, 1.165) is 28.0 Å². The number of anilines is 1. The summed E-state index contributed by atoms with van der Waals surface area (Å²) in [7, 11) is 0. The van der Waals surface area contributed by atoms with Crippen LogP contribution in [0, 0.1) is 6.92 Å². The molecule has 17 heavy (non-hydrogen) atoms. The molecule has 0 aliphatic heterocycles. The minimum absolute atomic E-state index is 0. The third-order valence-electron chi connectivity index (χ3n) is 2.37. The third-order valence-corrected chi connectivity index (χ3v) is 2.37. The Kier molecular flexibility index (Phi) is 4.54. The quantitative estimate of drug-likeness (QED) is 0.652. The summed E-state index contributed by atoms with van der Waals surface area (Å²) in [5.41, 5.74) is 5.40. The molecule has 1 heterocycles. The summed E-state index contributed by atoms with van der Waals surface area (Å²) >= 11 is 0. The van der Waals surface area contributed by atoms with Crippen molar-refractivity contribution < 1.29 is 4.74 Å². The molecule has 1 aromatic heterocycles. The Hall–Kier alpha value is -1.52. The largest absolute Gasteiger partial charge is 0.494 e. The van der Waals surface area contributed by atoms with Gasteiger partial charge in [-0.15, -0.1) is 12.4 Å². The van der Waals surface area contributed by atoms with Gasteiger partial charge in [-0.3, -0.25) is 10.8 Å². The van der Waals surface area contributed by atoms with Gasteiger partial charge in [0.2, 0.25) is 0 Å². The number of aryl methyl sites for hydroxylation is 1. The number of ether oxygens (including phenoxy) is 1. The maximum absolute atomic E-state index is 5.49. The lowest BCUT2D eigenvalue weighted by atomic mass is 10.1. The Labute approximate surface area is 107 Å². The monoisotopic (exact) mass is 253 g/mol. The maximum Gasteiger partial charge on any atom is 0.120 e. The van der Waals surface area contributed by atoms with Gasteiger partial charge in [0, 0.05) is 11.1 Å². The van der Waals surface area contributed by atoms with Crippen LogP contribution in [0.4, 0.5) is 5.69 Å². The number of nitrogens with two attached hydrogens (primary N) is 1. The molecule has 0 saturated heterocycles. The van der Waals surface area contributed by atoms with Crippen molar-refractivity contribution in [3.63, 3.8) is 0 Å². The molecule has 0 radical (unpaired) electrons. The molecule has 1 aromatic carbocycles. The summed E-state index contributed by atoms with van der Waals surface area (Å²) in [6, 6.07) is 7.71. The van der Waals surface area contributed by atoms with Crippen molar-refractivity contribution in [1.29, 1.82) is 0 Å². The molecule has 0 saturated carbocycles. The smallest absolute Gasteiger partial charge is 0.120 e. The van der Waals surface area contributed by atoms with Crippen molar-refractivity contribution in [2.45, 2.75) is 13.8 Å². The van der Waals surface area contributed by atoms with Crippen LogP contribution in [0.3, 0.4) is 0 Å². The fourth-order valence-electron chi connectivity index (χ4n) is 1.71. The van der Waals surface area contributed by atoms with E-state index >= 15 is 0 Å². The van der Waals surface area contributed by atoms with Gasteiger partial charge in [0.25, 0.3) is 0 Å². The molecule has 0 amide bonds. The Morgan fingerprint density at radius 3 is 2.76 bits per heavy atom. The number of nitrogens with zero attached hydrogens (tertiary/aromatic N) is 1. The van der Waals surface area contributed by atoms with Crippen LogP contribution in [0.5, 0.6) is 5.75 Å². The topological polar surface area (TPSA) is 60.2 Å². The average molecular weight is 254 g/mol. The van der Waals surface area contributed by atoms with E-state index in [1.165, 1.54) is 0 Å². The van der Waals surface area contributed by atoms with E-state index in [0.29, 0.717) is 6.61 Å². The number of hydrogen-bond acceptors (Lipinski definition) is 4. The molecule has 4 nitrogen and oxygen atoms in total. The number of nitrogens with one attached hydrogen (secondary N) is 1. The average Bonchev–Trinajstić information content (AvgIpc) is 2.29. The van der Waals surface area contributed by atoms with Gasteiger partial charge in [-0.1, -0.05) is 0 Å². The van der Waals surface area contributed by atoms with Crippen LogP contribution in [-0.2, 0) is 0 Å². The fourth-order valence-corrected chi connectivity index (χ4v) is 1.71. The van der Waals surface area contributed by atoms with Crippen molar-refractivity contribution in [1.82, 2.24) is 4.98 Å². The molecule has 2 rings (SSSR count). The van der Waals surface area contributed by atoms with Gasteiger partial charge in [0.05, 0.1) is 17.8 Å². The highest BCUT2D eigenvalue weighted by molar-refractivity contribution is 5.92. The van der Waals surface area contributed by atoms with Gasteiger partial charge in [0.1, 0.15) is 5.75 Å². The van der Waals surface area contributed by atoms with Gasteiger partial charge in [-0.05, 0) is 38.1 Å². The number of fused-ring (bicyclic) bond motifs is 1. The molecule has 2 aromatic rings. The molecule has 0 unspecified atom stereocenters. The van der Waals surface area contributed by atoms with E-state index in [9.17, 15) is 0 Å². The number of nitrogen functional groups attached to an aromatic ring is 1. The summed E-state index contributed by atoms with van der Waals surface area (Å²) in [4.78, 5) is 4.43. The van der Waals surface area contributed by atoms with Crippen molar-refractivity contribution in [2.24, 2.45) is 5.84 Å². The van der Waals surface area contributed by atoms with Crippen LogP contribution in [0.2, 0.25) is 0 Å². The zero-order chi connectivity index (χ0) is 11.5. The van der Waals surface area contributed by atoms with Gasteiger partial charge >= 0.3 is 0 Å². The summed E-state index contributed by atoms with van der Waals surface area (Å²) in [6.45, 7) is 4.55. The van der Waals surface area contributed by atoms with Crippen LogP contribution < -0.4 is 16.0 Å². The highest BCUT2D eigenvalue weighted by Crippen LogP contribution is 2.26. The first kappa shape index (κ1) is 13.5. The van der Waals surface area contributed by atoms with Crippen LogP contribution in [0.25, 0.3) is 10.9 Å². The van der Waals surface area contributed by atoms with E-state index < -0.39 is 0 Å². The maximum atomic E-state index is 5.49. The van der Waals surface area contributed by atoms with Gasteiger partial charge in [-0.25, -0.2) is 0 Å². The summed E-state index contributed by atoms with van der Waals surface area (Å²) in [6.07, 6.45) is 0. The highest BCUT2D eigenvalue weighted by atomic mass is 35.5. The second kappa shape index (κ2) is 5.70. The zero-order valence-electron chi connectivity index (χ0n) is 9.86. The molecule has 0 bridgehead atoms. The number of hydrazine groups is 1. The van der Waals surface area contributed by atoms with E-state index in [4.69, 9.17) is 10.6 Å². The lowest BCUT2D eigenvalue weighted by Crippen LogP contribution is -2.08. The number of aromatic nitrogens is 1. The Morgan fingerprint density at radius 2 is 2.12 bits per heavy atom. The predicted molar refractivity (Wildman–Crippen MR) is 72.7 cm³/mol. The lowest BCUT2D eigenvalue weighted by molar-refractivity contribution is 0.340. The summed E-state index contributed by atoms with van der Waals surface area (Å²) in [5, 5.41) is 0.971. The fraction of sp³-hybridized carbons (Fsp3) is 0.250. The van der Waals surface area contributed by atoms with Gasteiger partial charge in [0.15, 0.2) is 0 Å². The Balaban J connectivity index is 0.00000144. The van der Waals surface area contributed by atoms with Crippen molar-refractivity contribution in [3.8, 4) is 5.75 Å². The highest BCUT2D eigenvalue weighted by Gasteiger charge is 2.04. The molecule has 0 fully saturated rings. The van der Waals surface area contributed by atoms with Gasteiger partial charge in [-0.2, -0.15) is 0 Å². The number of rotatable bonds is 3. The first-order chi connectivity index (χ1) is 7.74. The predicted octanol–water partition coefficient (Wildman–Crippen LogP) is 2.65. The molecule has 0 atom stereocenters. The normalized spacial score (nSPS) is 9.82.